The highest BCUT2D eigenvalue weighted by Gasteiger charge is 2.09. The molecule has 2 rings (SSSR count). The number of benzene rings is 2. The second kappa shape index (κ2) is 5.76. The van der Waals surface area contributed by atoms with Gasteiger partial charge in [-0.05, 0) is 25.0 Å². The molecule has 0 radical (unpaired) electrons. The van der Waals surface area contributed by atoms with Crippen molar-refractivity contribution in [3.8, 4) is 0 Å². The molecule has 0 saturated heterocycles. The molecule has 2 N–H and O–H groups in total. The number of fused-ring (bicyclic) bond motifs is 1. The van der Waals surface area contributed by atoms with Crippen molar-refractivity contribution in [1.29, 1.82) is 0 Å². The van der Waals surface area contributed by atoms with Crippen LogP contribution in [0.25, 0.3) is 10.8 Å². The number of rotatable bonds is 5. The third-order valence-corrected chi connectivity index (χ3v) is 3.26. The molecule has 2 aromatic rings. The van der Waals surface area contributed by atoms with E-state index in [0.717, 1.165) is 24.2 Å². The molecular formula is C16H22N2. The van der Waals surface area contributed by atoms with Crippen molar-refractivity contribution in [3.63, 3.8) is 0 Å². The van der Waals surface area contributed by atoms with Gasteiger partial charge in [-0.3, -0.25) is 0 Å². The van der Waals surface area contributed by atoms with Gasteiger partial charge in [0.05, 0.1) is 0 Å². The van der Waals surface area contributed by atoms with Crippen LogP contribution < -0.4 is 10.6 Å². The van der Waals surface area contributed by atoms with E-state index in [2.05, 4.69) is 43.0 Å². The van der Waals surface area contributed by atoms with Crippen LogP contribution in [0.2, 0.25) is 0 Å². The van der Waals surface area contributed by atoms with Crippen LogP contribution in [-0.2, 0) is 0 Å². The predicted octanol–water partition coefficient (Wildman–Crippen LogP) is 4.05. The van der Waals surface area contributed by atoms with Gasteiger partial charge in [0.25, 0.3) is 0 Å². The van der Waals surface area contributed by atoms with Crippen molar-refractivity contribution in [2.45, 2.75) is 26.7 Å². The standard InChI is InChI=1S/C16H22N2/c1-3-11-18(12-4-2)16-10-6-7-13-14(16)8-5-9-15(13)17/h5-10H,3-4,11-12,17H2,1-2H3. The third kappa shape index (κ3) is 2.42. The first-order chi connectivity index (χ1) is 8.77. The van der Waals surface area contributed by atoms with Crippen LogP contribution in [0.3, 0.4) is 0 Å². The number of nitrogens with zero attached hydrogens (tertiary/aromatic N) is 1. The number of nitrogen functional groups attached to an aromatic ring is 1. The Bertz CT molecular complexity index is 513. The van der Waals surface area contributed by atoms with E-state index < -0.39 is 0 Å². The fraction of sp³-hybridized carbons (Fsp3) is 0.375. The van der Waals surface area contributed by atoms with Gasteiger partial charge >= 0.3 is 0 Å². The predicted molar refractivity (Wildman–Crippen MR) is 81.2 cm³/mol. The van der Waals surface area contributed by atoms with Gasteiger partial charge in [-0.15, -0.1) is 0 Å². The first kappa shape index (κ1) is 12.7. The van der Waals surface area contributed by atoms with Crippen LogP contribution in [0, 0.1) is 0 Å². The summed E-state index contributed by atoms with van der Waals surface area (Å²) < 4.78 is 0. The molecule has 18 heavy (non-hydrogen) atoms. The number of nitrogens with two attached hydrogens (primary N) is 1. The molecule has 96 valence electrons. The lowest BCUT2D eigenvalue weighted by molar-refractivity contribution is 0.747. The van der Waals surface area contributed by atoms with Gasteiger partial charge in [-0.25, -0.2) is 0 Å². The molecule has 0 amide bonds. The largest absolute Gasteiger partial charge is 0.398 e. The topological polar surface area (TPSA) is 29.3 Å². The van der Waals surface area contributed by atoms with Gasteiger partial charge in [-0.1, -0.05) is 38.1 Å². The Labute approximate surface area is 109 Å². The van der Waals surface area contributed by atoms with Crippen LogP contribution >= 0.6 is 0 Å². The lowest BCUT2D eigenvalue weighted by Crippen LogP contribution is -2.25. The zero-order chi connectivity index (χ0) is 13.0. The first-order valence-electron chi connectivity index (χ1n) is 6.80. The summed E-state index contributed by atoms with van der Waals surface area (Å²) in [4.78, 5) is 2.46. The van der Waals surface area contributed by atoms with Gasteiger partial charge in [0.1, 0.15) is 0 Å². The second-order valence-electron chi connectivity index (χ2n) is 4.71. The van der Waals surface area contributed by atoms with Crippen molar-refractivity contribution in [1.82, 2.24) is 0 Å². The minimum absolute atomic E-state index is 0.863. The Hall–Kier alpha value is -1.70. The van der Waals surface area contributed by atoms with Gasteiger partial charge in [-0.2, -0.15) is 0 Å². The Morgan fingerprint density at radius 3 is 2.17 bits per heavy atom. The normalized spacial score (nSPS) is 10.8. The van der Waals surface area contributed by atoms with E-state index in [9.17, 15) is 0 Å². The van der Waals surface area contributed by atoms with Crippen LogP contribution in [0.4, 0.5) is 11.4 Å². The quantitative estimate of drug-likeness (QED) is 0.801. The monoisotopic (exact) mass is 242 g/mol. The third-order valence-electron chi connectivity index (χ3n) is 3.26. The summed E-state index contributed by atoms with van der Waals surface area (Å²) in [5.74, 6) is 0. The molecule has 0 atom stereocenters. The Morgan fingerprint density at radius 2 is 1.50 bits per heavy atom. The molecule has 0 saturated carbocycles. The smallest absolute Gasteiger partial charge is 0.0446 e. The molecule has 0 unspecified atom stereocenters. The molecule has 2 nitrogen and oxygen atoms in total. The van der Waals surface area contributed by atoms with Gasteiger partial charge in [0.2, 0.25) is 0 Å². The molecule has 0 aliphatic heterocycles. The lowest BCUT2D eigenvalue weighted by Gasteiger charge is -2.25. The van der Waals surface area contributed by atoms with Crippen LogP contribution in [-0.4, -0.2) is 13.1 Å². The highest BCUT2D eigenvalue weighted by Crippen LogP contribution is 2.30. The Morgan fingerprint density at radius 1 is 0.889 bits per heavy atom. The molecule has 0 bridgehead atoms. The summed E-state index contributed by atoms with van der Waals surface area (Å²) in [5, 5.41) is 2.42. The van der Waals surface area contributed by atoms with E-state index in [1.54, 1.807) is 0 Å². The zero-order valence-electron chi connectivity index (χ0n) is 11.3. The number of hydrogen-bond acceptors (Lipinski definition) is 2. The average Bonchev–Trinajstić information content (AvgIpc) is 2.38. The summed E-state index contributed by atoms with van der Waals surface area (Å²) in [6, 6.07) is 12.6. The van der Waals surface area contributed by atoms with Crippen LogP contribution in [0.5, 0.6) is 0 Å². The average molecular weight is 242 g/mol. The van der Waals surface area contributed by atoms with E-state index in [-0.39, 0.29) is 0 Å². The van der Waals surface area contributed by atoms with E-state index >= 15 is 0 Å². The number of hydrogen-bond donors (Lipinski definition) is 1. The first-order valence-corrected chi connectivity index (χ1v) is 6.80. The molecular weight excluding hydrogens is 220 g/mol. The summed E-state index contributed by atoms with van der Waals surface area (Å²) in [6.07, 6.45) is 2.33. The Kier molecular flexibility index (Phi) is 4.08. The highest BCUT2D eigenvalue weighted by atomic mass is 15.1. The maximum Gasteiger partial charge on any atom is 0.0446 e. The summed E-state index contributed by atoms with van der Waals surface area (Å²) >= 11 is 0. The zero-order valence-corrected chi connectivity index (χ0v) is 11.3. The van der Waals surface area contributed by atoms with E-state index in [1.807, 2.05) is 12.1 Å². The molecule has 0 heterocycles. The van der Waals surface area contributed by atoms with Gasteiger partial charge in [0, 0.05) is 35.2 Å². The highest BCUT2D eigenvalue weighted by molar-refractivity contribution is 6.00. The van der Waals surface area contributed by atoms with Crippen molar-refractivity contribution >= 4 is 22.1 Å². The molecule has 0 aromatic heterocycles. The summed E-state index contributed by atoms with van der Waals surface area (Å²) in [7, 11) is 0. The van der Waals surface area contributed by atoms with Crippen LogP contribution in [0.1, 0.15) is 26.7 Å². The van der Waals surface area contributed by atoms with Gasteiger partial charge < -0.3 is 10.6 Å². The van der Waals surface area contributed by atoms with Gasteiger partial charge in [0.15, 0.2) is 0 Å². The SMILES string of the molecule is CCCN(CCC)c1cccc2c(N)cccc12. The second-order valence-corrected chi connectivity index (χ2v) is 4.71. The molecule has 0 spiro atoms. The Balaban J connectivity index is 2.51. The lowest BCUT2D eigenvalue weighted by atomic mass is 10.1. The molecule has 0 aliphatic carbocycles. The van der Waals surface area contributed by atoms with Crippen molar-refractivity contribution < 1.29 is 0 Å². The fourth-order valence-electron chi connectivity index (χ4n) is 2.49. The molecule has 2 aromatic carbocycles. The minimum atomic E-state index is 0.863. The number of anilines is 2. The van der Waals surface area contributed by atoms with Crippen LogP contribution in [0.15, 0.2) is 36.4 Å². The maximum atomic E-state index is 6.05. The molecule has 0 aliphatic rings. The van der Waals surface area contributed by atoms with Crippen molar-refractivity contribution in [2.24, 2.45) is 0 Å². The summed E-state index contributed by atoms with van der Waals surface area (Å²) in [5.41, 5.74) is 8.23. The van der Waals surface area contributed by atoms with E-state index in [0.29, 0.717) is 0 Å². The summed E-state index contributed by atoms with van der Waals surface area (Å²) in [6.45, 7) is 6.65. The van der Waals surface area contributed by atoms with Crippen molar-refractivity contribution in [2.75, 3.05) is 23.7 Å². The van der Waals surface area contributed by atoms with E-state index in [1.165, 1.54) is 23.9 Å². The molecule has 2 heteroatoms. The van der Waals surface area contributed by atoms with Crippen molar-refractivity contribution in [3.05, 3.63) is 36.4 Å². The molecule has 0 fully saturated rings. The van der Waals surface area contributed by atoms with E-state index in [4.69, 9.17) is 5.73 Å². The maximum absolute atomic E-state index is 6.05. The minimum Gasteiger partial charge on any atom is -0.398 e. The fourth-order valence-corrected chi connectivity index (χ4v) is 2.49.